The number of aromatic nitrogens is 4. The number of pyridine rings is 2. The first-order valence-corrected chi connectivity index (χ1v) is 19.6. The number of imidazole rings is 1. The van der Waals surface area contributed by atoms with Crippen LogP contribution in [0.1, 0.15) is 56.4 Å². The minimum atomic E-state index is 0. The summed E-state index contributed by atoms with van der Waals surface area (Å²) in [6.07, 6.45) is 1.85. The fraction of sp³-hybridized carbons (Fsp3) is 0.135. The van der Waals surface area contributed by atoms with Crippen LogP contribution in [-0.2, 0) is 20.1 Å². The van der Waals surface area contributed by atoms with E-state index in [4.69, 9.17) is 14.4 Å². The van der Waals surface area contributed by atoms with E-state index in [0.29, 0.717) is 11.8 Å². The number of hydrogen-bond acceptors (Lipinski definition) is 4. The van der Waals surface area contributed by atoms with Crippen molar-refractivity contribution in [1.29, 1.82) is 0 Å². The second-order valence-electron chi connectivity index (χ2n) is 15.0. The summed E-state index contributed by atoms with van der Waals surface area (Å²) in [5.74, 6) is 1.47. The number of para-hydroxylation sites is 3. The molecule has 0 atom stereocenters. The van der Waals surface area contributed by atoms with E-state index in [1.54, 1.807) is 0 Å². The standard InChI is InChI=1S/C35H30N3O.C17H12N.Ir/c1-20(2)23-14-10-15-24(21(3)4)32(23)38-33-27-13-6-8-18-29(27)36-22(5)31(33)37-35(38)28-17-11-16-26-25-12-7-9-19-30(25)39-34(26)28;1-3-7-14(8-4-1)16-11-12-18-17(13-16)15-9-5-2-6-10-15;/h6-16,18-21H,1-5H3;1-9,11-13H;/q2*-1;. The number of furan rings is 1. The van der Waals surface area contributed by atoms with E-state index in [2.05, 4.69) is 129 Å². The van der Waals surface area contributed by atoms with E-state index in [1.807, 2.05) is 79.0 Å². The Kier molecular flexibility index (Phi) is 10.9. The molecule has 10 aromatic rings. The molecule has 4 heterocycles. The predicted molar refractivity (Wildman–Crippen MR) is 235 cm³/mol. The van der Waals surface area contributed by atoms with Crippen LogP contribution in [0.4, 0.5) is 0 Å². The molecule has 4 aromatic heterocycles. The van der Waals surface area contributed by atoms with Gasteiger partial charge in [0.05, 0.1) is 33.7 Å². The van der Waals surface area contributed by atoms with Crippen LogP contribution in [0, 0.1) is 19.1 Å². The molecule has 0 spiro atoms. The maximum absolute atomic E-state index is 6.50. The molecule has 58 heavy (non-hydrogen) atoms. The number of rotatable bonds is 6. The molecular formula is C52H42IrN4O-2. The summed E-state index contributed by atoms with van der Waals surface area (Å²) in [4.78, 5) is 14.7. The Morgan fingerprint density at radius 3 is 2.07 bits per heavy atom. The molecule has 287 valence electrons. The van der Waals surface area contributed by atoms with E-state index in [9.17, 15) is 0 Å². The van der Waals surface area contributed by atoms with Crippen molar-refractivity contribution in [3.63, 3.8) is 0 Å². The first kappa shape index (κ1) is 38.7. The van der Waals surface area contributed by atoms with Crippen LogP contribution < -0.4 is 0 Å². The largest absolute Gasteiger partial charge is 0.501 e. The van der Waals surface area contributed by atoms with E-state index >= 15 is 0 Å². The molecule has 0 fully saturated rings. The van der Waals surface area contributed by atoms with Crippen molar-refractivity contribution in [1.82, 2.24) is 19.5 Å². The maximum Gasteiger partial charge on any atom is 0.120 e. The van der Waals surface area contributed by atoms with Gasteiger partial charge in [-0.3, -0.25) is 9.97 Å². The van der Waals surface area contributed by atoms with Crippen LogP contribution in [-0.4, -0.2) is 19.5 Å². The Bertz CT molecular complexity index is 2960. The van der Waals surface area contributed by atoms with E-state index in [-0.39, 0.29) is 20.1 Å². The van der Waals surface area contributed by atoms with Gasteiger partial charge in [-0.15, -0.1) is 54.1 Å². The smallest absolute Gasteiger partial charge is 0.120 e. The zero-order chi connectivity index (χ0) is 39.0. The third-order valence-electron chi connectivity index (χ3n) is 10.6. The molecule has 0 aliphatic carbocycles. The normalized spacial score (nSPS) is 11.4. The molecule has 1 radical (unpaired) electrons. The van der Waals surface area contributed by atoms with E-state index in [1.165, 1.54) is 27.9 Å². The van der Waals surface area contributed by atoms with Crippen molar-refractivity contribution >= 4 is 43.9 Å². The minimum absolute atomic E-state index is 0. The average Bonchev–Trinajstić information content (AvgIpc) is 3.84. The average molecular weight is 931 g/mol. The number of benzene rings is 6. The second kappa shape index (κ2) is 16.3. The molecule has 5 nitrogen and oxygen atoms in total. The third-order valence-corrected chi connectivity index (χ3v) is 10.6. The molecule has 6 heteroatoms. The van der Waals surface area contributed by atoms with Gasteiger partial charge in [0, 0.05) is 42.8 Å². The first-order chi connectivity index (χ1) is 27.9. The molecule has 6 aromatic carbocycles. The first-order valence-electron chi connectivity index (χ1n) is 19.6. The van der Waals surface area contributed by atoms with Crippen LogP contribution in [0.3, 0.4) is 0 Å². The second-order valence-corrected chi connectivity index (χ2v) is 15.0. The zero-order valence-electron chi connectivity index (χ0n) is 33.1. The van der Waals surface area contributed by atoms with Crippen molar-refractivity contribution in [2.45, 2.75) is 46.5 Å². The third kappa shape index (κ3) is 7.04. The summed E-state index contributed by atoms with van der Waals surface area (Å²) < 4.78 is 8.87. The molecule has 0 bridgehead atoms. The van der Waals surface area contributed by atoms with E-state index in [0.717, 1.165) is 72.2 Å². The van der Waals surface area contributed by atoms with Gasteiger partial charge in [0.2, 0.25) is 0 Å². The van der Waals surface area contributed by atoms with Gasteiger partial charge in [0.15, 0.2) is 0 Å². The minimum Gasteiger partial charge on any atom is -0.501 e. The molecular weight excluding hydrogens is 889 g/mol. The molecule has 0 saturated heterocycles. The fourth-order valence-electron chi connectivity index (χ4n) is 7.88. The van der Waals surface area contributed by atoms with Crippen LogP contribution in [0.5, 0.6) is 0 Å². The zero-order valence-corrected chi connectivity index (χ0v) is 35.5. The van der Waals surface area contributed by atoms with Crippen LogP contribution in [0.2, 0.25) is 0 Å². The molecule has 0 aliphatic heterocycles. The number of aryl methyl sites for hydroxylation is 1. The van der Waals surface area contributed by atoms with Crippen molar-refractivity contribution in [2.75, 3.05) is 0 Å². The Balaban J connectivity index is 0.000000207. The Morgan fingerprint density at radius 2 is 1.33 bits per heavy atom. The van der Waals surface area contributed by atoms with E-state index < -0.39 is 0 Å². The topological polar surface area (TPSA) is 56.7 Å². The molecule has 0 unspecified atom stereocenters. The Morgan fingerprint density at radius 1 is 0.621 bits per heavy atom. The van der Waals surface area contributed by atoms with Gasteiger partial charge in [0.1, 0.15) is 5.58 Å². The summed E-state index contributed by atoms with van der Waals surface area (Å²) in [7, 11) is 0. The van der Waals surface area contributed by atoms with Crippen molar-refractivity contribution in [2.24, 2.45) is 0 Å². The summed E-state index contributed by atoms with van der Waals surface area (Å²) in [5, 5.41) is 3.25. The molecule has 10 rings (SSSR count). The fourth-order valence-corrected chi connectivity index (χ4v) is 7.88. The predicted octanol–water partition coefficient (Wildman–Crippen LogP) is 13.7. The van der Waals surface area contributed by atoms with Crippen molar-refractivity contribution < 1.29 is 24.5 Å². The number of hydrogen-bond donors (Lipinski definition) is 0. The molecule has 0 amide bonds. The Labute approximate surface area is 352 Å². The monoisotopic (exact) mass is 931 g/mol. The van der Waals surface area contributed by atoms with Gasteiger partial charge in [-0.05, 0) is 64.9 Å². The Hall–Kier alpha value is -6.20. The summed E-state index contributed by atoms with van der Waals surface area (Å²) >= 11 is 0. The van der Waals surface area contributed by atoms with Gasteiger partial charge in [-0.1, -0.05) is 130 Å². The molecule has 0 aliphatic rings. The SMILES string of the molecule is Cc1nc2ccccc2c2c1nc(-c1[c-]ccc3c1oc1ccccc13)n2-c1c(C(C)C)cccc1C(C)C.[Ir].[c-]1ccccc1-c1cc(-c2ccccc2)ccn1. The quantitative estimate of drug-likeness (QED) is 0.156. The number of nitrogens with zero attached hydrogens (tertiary/aromatic N) is 4. The number of fused-ring (bicyclic) bond motifs is 6. The van der Waals surface area contributed by atoms with Crippen molar-refractivity contribution in [3.8, 4) is 39.5 Å². The van der Waals surface area contributed by atoms with Gasteiger partial charge < -0.3 is 14.0 Å². The summed E-state index contributed by atoms with van der Waals surface area (Å²) in [6.45, 7) is 11.1. The molecule has 0 saturated carbocycles. The van der Waals surface area contributed by atoms with Crippen LogP contribution in [0.25, 0.3) is 83.3 Å². The van der Waals surface area contributed by atoms with Gasteiger partial charge in [-0.2, -0.15) is 0 Å². The van der Waals surface area contributed by atoms with Gasteiger partial charge >= 0.3 is 0 Å². The van der Waals surface area contributed by atoms with Crippen LogP contribution >= 0.6 is 0 Å². The van der Waals surface area contributed by atoms with Gasteiger partial charge in [-0.25, -0.2) is 0 Å². The van der Waals surface area contributed by atoms with Crippen LogP contribution in [0.15, 0.2) is 156 Å². The summed E-state index contributed by atoms with van der Waals surface area (Å²) in [6, 6.07) is 56.4. The van der Waals surface area contributed by atoms with Crippen molar-refractivity contribution in [3.05, 3.63) is 181 Å². The van der Waals surface area contributed by atoms with Gasteiger partial charge in [0.25, 0.3) is 0 Å². The summed E-state index contributed by atoms with van der Waals surface area (Å²) in [5.41, 5.74) is 14.5. The molecule has 0 N–H and O–H groups in total. The maximum atomic E-state index is 6.50.